The summed E-state index contributed by atoms with van der Waals surface area (Å²) in [6, 6.07) is 3.51. The standard InChI is InChI=1S/C13H18N2O4/c1-2-17-13(16)3-4-15-10-8-12-11(7-9(10)14)18-5-6-19-12/h7-8,15H,2-6,14H2,1H3. The number of nitrogens with one attached hydrogen (secondary N) is 1. The van der Waals surface area contributed by atoms with Crippen LogP contribution < -0.4 is 20.5 Å². The van der Waals surface area contributed by atoms with E-state index in [1.165, 1.54) is 0 Å². The van der Waals surface area contributed by atoms with Crippen molar-refractivity contribution in [1.82, 2.24) is 0 Å². The lowest BCUT2D eigenvalue weighted by Crippen LogP contribution is -2.16. The molecule has 0 unspecified atom stereocenters. The summed E-state index contributed by atoms with van der Waals surface area (Å²) in [7, 11) is 0. The number of rotatable bonds is 5. The van der Waals surface area contributed by atoms with Crippen LogP contribution in [0.3, 0.4) is 0 Å². The Morgan fingerprint density at radius 1 is 1.37 bits per heavy atom. The highest BCUT2D eigenvalue weighted by Crippen LogP contribution is 2.36. The second-order valence-corrected chi connectivity index (χ2v) is 4.06. The second kappa shape index (κ2) is 6.17. The minimum Gasteiger partial charge on any atom is -0.486 e. The molecule has 0 spiro atoms. The van der Waals surface area contributed by atoms with Crippen LogP contribution in [0.2, 0.25) is 0 Å². The molecule has 0 fully saturated rings. The summed E-state index contributed by atoms with van der Waals surface area (Å²) in [4.78, 5) is 11.2. The van der Waals surface area contributed by atoms with E-state index in [1.807, 2.05) is 0 Å². The van der Waals surface area contributed by atoms with Crippen molar-refractivity contribution in [1.29, 1.82) is 0 Å². The molecule has 1 aliphatic heterocycles. The van der Waals surface area contributed by atoms with E-state index < -0.39 is 0 Å². The quantitative estimate of drug-likeness (QED) is 0.619. The summed E-state index contributed by atoms with van der Waals surface area (Å²) in [5.74, 6) is 1.09. The average molecular weight is 266 g/mol. The molecule has 1 aromatic rings. The maximum absolute atomic E-state index is 11.2. The van der Waals surface area contributed by atoms with Crippen LogP contribution in [0, 0.1) is 0 Å². The van der Waals surface area contributed by atoms with Crippen LogP contribution in [0.5, 0.6) is 11.5 Å². The molecule has 0 radical (unpaired) electrons. The van der Waals surface area contributed by atoms with E-state index in [0.29, 0.717) is 50.0 Å². The number of ether oxygens (including phenoxy) is 3. The zero-order valence-corrected chi connectivity index (χ0v) is 10.9. The molecule has 0 bridgehead atoms. The summed E-state index contributed by atoms with van der Waals surface area (Å²) in [5.41, 5.74) is 7.20. The Morgan fingerprint density at radius 3 is 2.74 bits per heavy atom. The van der Waals surface area contributed by atoms with Crippen molar-refractivity contribution in [3.05, 3.63) is 12.1 Å². The van der Waals surface area contributed by atoms with Gasteiger partial charge in [0.25, 0.3) is 0 Å². The Bertz CT molecular complexity index is 462. The Hall–Kier alpha value is -2.11. The average Bonchev–Trinajstić information content (AvgIpc) is 2.39. The minimum atomic E-state index is -0.230. The van der Waals surface area contributed by atoms with Crippen LogP contribution in [-0.4, -0.2) is 32.3 Å². The SMILES string of the molecule is CCOC(=O)CCNc1cc2c(cc1N)OCCO2. The maximum Gasteiger partial charge on any atom is 0.307 e. The summed E-state index contributed by atoms with van der Waals surface area (Å²) in [5, 5.41) is 3.09. The Kier molecular flexibility index (Phi) is 4.33. The molecule has 2 rings (SSSR count). The lowest BCUT2D eigenvalue weighted by molar-refractivity contribution is -0.142. The lowest BCUT2D eigenvalue weighted by Gasteiger charge is -2.20. The number of esters is 1. The number of benzene rings is 1. The van der Waals surface area contributed by atoms with Gasteiger partial charge in [0.15, 0.2) is 11.5 Å². The highest BCUT2D eigenvalue weighted by Gasteiger charge is 2.14. The molecule has 0 aliphatic carbocycles. The van der Waals surface area contributed by atoms with Crippen molar-refractivity contribution in [2.45, 2.75) is 13.3 Å². The van der Waals surface area contributed by atoms with Gasteiger partial charge in [0.1, 0.15) is 13.2 Å². The van der Waals surface area contributed by atoms with Crippen LogP contribution in [0.15, 0.2) is 12.1 Å². The number of nitrogens with two attached hydrogens (primary N) is 1. The van der Waals surface area contributed by atoms with Gasteiger partial charge >= 0.3 is 5.97 Å². The summed E-state index contributed by atoms with van der Waals surface area (Å²) >= 11 is 0. The summed E-state index contributed by atoms with van der Waals surface area (Å²) in [6.07, 6.45) is 0.293. The number of carbonyl (C=O) groups excluding carboxylic acids is 1. The molecule has 6 nitrogen and oxygen atoms in total. The van der Waals surface area contributed by atoms with Crippen LogP contribution in [0.25, 0.3) is 0 Å². The van der Waals surface area contributed by atoms with Gasteiger partial charge in [-0.3, -0.25) is 4.79 Å². The molecule has 0 saturated heterocycles. The summed E-state index contributed by atoms with van der Waals surface area (Å²) < 4.78 is 15.7. The smallest absolute Gasteiger partial charge is 0.307 e. The first kappa shape index (κ1) is 13.3. The molecule has 6 heteroatoms. The van der Waals surface area contributed by atoms with Gasteiger partial charge in [0, 0.05) is 18.7 Å². The zero-order valence-electron chi connectivity index (χ0n) is 10.9. The number of hydrogen-bond donors (Lipinski definition) is 2. The third-order valence-electron chi connectivity index (χ3n) is 2.66. The van der Waals surface area contributed by atoms with Gasteiger partial charge in [-0.1, -0.05) is 0 Å². The van der Waals surface area contributed by atoms with Gasteiger partial charge in [0.05, 0.1) is 24.4 Å². The fraction of sp³-hybridized carbons (Fsp3) is 0.462. The first-order valence-corrected chi connectivity index (χ1v) is 6.29. The molecule has 1 aliphatic rings. The molecule has 104 valence electrons. The van der Waals surface area contributed by atoms with Crippen molar-refractivity contribution < 1.29 is 19.0 Å². The highest BCUT2D eigenvalue weighted by atomic mass is 16.6. The van der Waals surface area contributed by atoms with E-state index in [9.17, 15) is 4.79 Å². The van der Waals surface area contributed by atoms with Crippen molar-refractivity contribution >= 4 is 17.3 Å². The highest BCUT2D eigenvalue weighted by molar-refractivity contribution is 5.74. The van der Waals surface area contributed by atoms with Gasteiger partial charge < -0.3 is 25.3 Å². The largest absolute Gasteiger partial charge is 0.486 e. The molecule has 0 aromatic heterocycles. The number of nitrogen functional groups attached to an aromatic ring is 1. The maximum atomic E-state index is 11.2. The molecular weight excluding hydrogens is 248 g/mol. The van der Waals surface area contributed by atoms with E-state index in [0.717, 1.165) is 5.69 Å². The third-order valence-corrected chi connectivity index (χ3v) is 2.66. The van der Waals surface area contributed by atoms with Gasteiger partial charge in [-0.2, -0.15) is 0 Å². The van der Waals surface area contributed by atoms with Crippen molar-refractivity contribution in [3.8, 4) is 11.5 Å². The summed E-state index contributed by atoms with van der Waals surface area (Å²) in [6.45, 7) is 3.69. The Balaban J connectivity index is 1.95. The second-order valence-electron chi connectivity index (χ2n) is 4.06. The lowest BCUT2D eigenvalue weighted by atomic mass is 10.2. The Morgan fingerprint density at radius 2 is 2.05 bits per heavy atom. The Labute approximate surface area is 111 Å². The molecule has 1 aromatic carbocycles. The topological polar surface area (TPSA) is 82.8 Å². The predicted octanol–water partition coefficient (Wildman–Crippen LogP) is 1.41. The van der Waals surface area contributed by atoms with Crippen molar-refractivity contribution in [3.63, 3.8) is 0 Å². The van der Waals surface area contributed by atoms with E-state index in [4.69, 9.17) is 19.9 Å². The molecule has 3 N–H and O–H groups in total. The van der Waals surface area contributed by atoms with Crippen molar-refractivity contribution in [2.24, 2.45) is 0 Å². The molecule has 19 heavy (non-hydrogen) atoms. The van der Waals surface area contributed by atoms with Crippen LogP contribution in [-0.2, 0) is 9.53 Å². The van der Waals surface area contributed by atoms with Crippen molar-refractivity contribution in [2.75, 3.05) is 37.4 Å². The first-order valence-electron chi connectivity index (χ1n) is 6.29. The van der Waals surface area contributed by atoms with Gasteiger partial charge in [-0.15, -0.1) is 0 Å². The number of anilines is 2. The number of fused-ring (bicyclic) bond motifs is 1. The predicted molar refractivity (Wildman–Crippen MR) is 71.6 cm³/mol. The van der Waals surface area contributed by atoms with Gasteiger partial charge in [-0.05, 0) is 6.92 Å². The van der Waals surface area contributed by atoms with Crippen LogP contribution >= 0.6 is 0 Å². The fourth-order valence-corrected chi connectivity index (χ4v) is 1.79. The van der Waals surface area contributed by atoms with Gasteiger partial charge in [0.2, 0.25) is 0 Å². The van der Waals surface area contributed by atoms with Crippen LogP contribution in [0.4, 0.5) is 11.4 Å². The minimum absolute atomic E-state index is 0.230. The monoisotopic (exact) mass is 266 g/mol. The molecule has 0 saturated carbocycles. The number of carbonyl (C=O) groups is 1. The fourth-order valence-electron chi connectivity index (χ4n) is 1.79. The number of hydrogen-bond acceptors (Lipinski definition) is 6. The molecule has 0 amide bonds. The van der Waals surface area contributed by atoms with E-state index >= 15 is 0 Å². The third kappa shape index (κ3) is 3.43. The molecule has 0 atom stereocenters. The van der Waals surface area contributed by atoms with Crippen LogP contribution in [0.1, 0.15) is 13.3 Å². The first-order chi connectivity index (χ1) is 9.20. The zero-order chi connectivity index (χ0) is 13.7. The molecule has 1 heterocycles. The van der Waals surface area contributed by atoms with E-state index in [-0.39, 0.29) is 5.97 Å². The van der Waals surface area contributed by atoms with Gasteiger partial charge in [-0.25, -0.2) is 0 Å². The normalized spacial score (nSPS) is 12.9. The molecular formula is C13H18N2O4. The van der Waals surface area contributed by atoms with E-state index in [1.54, 1.807) is 19.1 Å². The van der Waals surface area contributed by atoms with E-state index in [2.05, 4.69) is 5.32 Å².